The number of sulfonamides is 1. The van der Waals surface area contributed by atoms with E-state index in [2.05, 4.69) is 27.2 Å². The minimum absolute atomic E-state index is 0.0682. The minimum atomic E-state index is -3.57. The van der Waals surface area contributed by atoms with Crippen molar-refractivity contribution in [1.29, 1.82) is 0 Å². The summed E-state index contributed by atoms with van der Waals surface area (Å²) < 4.78 is 26.8. The Balaban J connectivity index is 3.03. The molecule has 1 N–H and O–H groups in total. The van der Waals surface area contributed by atoms with Crippen LogP contribution < -0.4 is 4.72 Å². The Morgan fingerprint density at radius 3 is 2.69 bits per heavy atom. The van der Waals surface area contributed by atoms with E-state index >= 15 is 0 Å². The summed E-state index contributed by atoms with van der Waals surface area (Å²) in [6.45, 7) is 5.57. The van der Waals surface area contributed by atoms with Crippen molar-refractivity contribution >= 4 is 37.6 Å². The average Bonchev–Trinajstić information content (AvgIpc) is 2.14. The van der Waals surface area contributed by atoms with Gasteiger partial charge in [0, 0.05) is 11.0 Å². The predicted octanol–water partition coefficient (Wildman–Crippen LogP) is 2.96. The normalized spacial score (nSPS) is 11.4. The SMILES string of the molecule is C=C(C)CNS(=O)(=O)c1ccc(Br)cc1Cl. The highest BCUT2D eigenvalue weighted by atomic mass is 79.9. The van der Waals surface area contributed by atoms with Crippen LogP contribution in [0.15, 0.2) is 39.7 Å². The molecule has 0 fully saturated rings. The highest BCUT2D eigenvalue weighted by Crippen LogP contribution is 2.24. The first-order valence-corrected chi connectivity index (χ1v) is 7.07. The van der Waals surface area contributed by atoms with Crippen molar-refractivity contribution in [2.24, 2.45) is 0 Å². The number of rotatable bonds is 4. The van der Waals surface area contributed by atoms with Gasteiger partial charge in [0.1, 0.15) is 4.90 Å². The quantitative estimate of drug-likeness (QED) is 0.866. The highest BCUT2D eigenvalue weighted by molar-refractivity contribution is 9.10. The van der Waals surface area contributed by atoms with E-state index in [1.54, 1.807) is 13.0 Å². The number of halogens is 2. The lowest BCUT2D eigenvalue weighted by Gasteiger charge is -2.08. The monoisotopic (exact) mass is 323 g/mol. The zero-order chi connectivity index (χ0) is 12.3. The topological polar surface area (TPSA) is 46.2 Å². The minimum Gasteiger partial charge on any atom is -0.207 e. The number of hydrogen-bond donors (Lipinski definition) is 1. The predicted molar refractivity (Wildman–Crippen MR) is 69.2 cm³/mol. The Labute approximate surface area is 109 Å². The first kappa shape index (κ1) is 13.7. The lowest BCUT2D eigenvalue weighted by molar-refractivity contribution is 0.585. The van der Waals surface area contributed by atoms with Crippen molar-refractivity contribution in [3.8, 4) is 0 Å². The van der Waals surface area contributed by atoms with Crippen LogP contribution in [0.2, 0.25) is 5.02 Å². The summed E-state index contributed by atoms with van der Waals surface area (Å²) in [6.07, 6.45) is 0. The molecule has 0 radical (unpaired) electrons. The molecule has 16 heavy (non-hydrogen) atoms. The van der Waals surface area contributed by atoms with Crippen LogP contribution in [0.25, 0.3) is 0 Å². The van der Waals surface area contributed by atoms with Gasteiger partial charge in [-0.2, -0.15) is 0 Å². The summed E-state index contributed by atoms with van der Waals surface area (Å²) >= 11 is 9.07. The maximum absolute atomic E-state index is 11.8. The second-order valence-electron chi connectivity index (χ2n) is 3.36. The molecule has 1 aromatic carbocycles. The van der Waals surface area contributed by atoms with Gasteiger partial charge in [0.15, 0.2) is 0 Å². The Kier molecular flexibility index (Phi) is 4.55. The molecule has 0 aliphatic carbocycles. The second kappa shape index (κ2) is 5.31. The van der Waals surface area contributed by atoms with Gasteiger partial charge in [0.25, 0.3) is 0 Å². The molecule has 0 saturated carbocycles. The zero-order valence-corrected chi connectivity index (χ0v) is 11.8. The van der Waals surface area contributed by atoms with E-state index in [4.69, 9.17) is 11.6 Å². The Morgan fingerprint density at radius 1 is 1.56 bits per heavy atom. The molecule has 0 atom stereocenters. The van der Waals surface area contributed by atoms with Crippen LogP contribution in [-0.4, -0.2) is 15.0 Å². The van der Waals surface area contributed by atoms with Gasteiger partial charge < -0.3 is 0 Å². The lowest BCUT2D eigenvalue weighted by Crippen LogP contribution is -2.25. The van der Waals surface area contributed by atoms with Crippen LogP contribution in [0.5, 0.6) is 0 Å². The summed E-state index contributed by atoms with van der Waals surface area (Å²) in [7, 11) is -3.57. The zero-order valence-electron chi connectivity index (χ0n) is 8.63. The van der Waals surface area contributed by atoms with Gasteiger partial charge in [-0.1, -0.05) is 39.7 Å². The van der Waals surface area contributed by atoms with Gasteiger partial charge in [-0.25, -0.2) is 13.1 Å². The fourth-order valence-corrected chi connectivity index (χ4v) is 3.12. The van der Waals surface area contributed by atoms with E-state index in [0.29, 0.717) is 0 Å². The third-order valence-corrected chi connectivity index (χ3v) is 4.12. The van der Waals surface area contributed by atoms with Crippen molar-refractivity contribution < 1.29 is 8.42 Å². The van der Waals surface area contributed by atoms with Crippen molar-refractivity contribution in [2.45, 2.75) is 11.8 Å². The van der Waals surface area contributed by atoms with Crippen LogP contribution in [0.1, 0.15) is 6.92 Å². The standard InChI is InChI=1S/C10H11BrClNO2S/c1-7(2)6-13-16(14,15)10-4-3-8(11)5-9(10)12/h3-5,13H,1,6H2,2H3. The van der Waals surface area contributed by atoms with Gasteiger partial charge in [-0.15, -0.1) is 0 Å². The van der Waals surface area contributed by atoms with E-state index in [-0.39, 0.29) is 16.5 Å². The molecule has 1 aromatic rings. The number of nitrogens with one attached hydrogen (secondary N) is 1. The Hall–Kier alpha value is -0.360. The van der Waals surface area contributed by atoms with E-state index in [1.165, 1.54) is 12.1 Å². The first-order valence-electron chi connectivity index (χ1n) is 4.42. The van der Waals surface area contributed by atoms with E-state index in [1.807, 2.05) is 0 Å². The molecule has 0 bridgehead atoms. The average molecular weight is 325 g/mol. The maximum atomic E-state index is 11.8. The molecular formula is C10H11BrClNO2S. The molecule has 0 spiro atoms. The largest absolute Gasteiger partial charge is 0.242 e. The molecule has 0 aliphatic heterocycles. The smallest absolute Gasteiger partial charge is 0.207 e. The molecule has 6 heteroatoms. The van der Waals surface area contributed by atoms with Crippen LogP contribution >= 0.6 is 27.5 Å². The van der Waals surface area contributed by atoms with E-state index in [0.717, 1.165) is 10.0 Å². The van der Waals surface area contributed by atoms with Crippen molar-refractivity contribution in [3.63, 3.8) is 0 Å². The van der Waals surface area contributed by atoms with Crippen LogP contribution in [0.4, 0.5) is 0 Å². The van der Waals surface area contributed by atoms with Crippen LogP contribution in [0.3, 0.4) is 0 Å². The highest BCUT2D eigenvalue weighted by Gasteiger charge is 2.17. The molecule has 0 aromatic heterocycles. The molecule has 0 aliphatic rings. The third-order valence-electron chi connectivity index (χ3n) is 1.75. The van der Waals surface area contributed by atoms with Crippen molar-refractivity contribution in [3.05, 3.63) is 39.8 Å². The molecule has 0 heterocycles. The molecule has 0 saturated heterocycles. The first-order chi connectivity index (χ1) is 7.33. The lowest BCUT2D eigenvalue weighted by atomic mass is 10.4. The van der Waals surface area contributed by atoms with E-state index in [9.17, 15) is 8.42 Å². The molecule has 3 nitrogen and oxygen atoms in total. The summed E-state index contributed by atoms with van der Waals surface area (Å²) in [5.41, 5.74) is 0.733. The van der Waals surface area contributed by atoms with Crippen LogP contribution in [-0.2, 0) is 10.0 Å². The van der Waals surface area contributed by atoms with Gasteiger partial charge in [-0.05, 0) is 25.1 Å². The van der Waals surface area contributed by atoms with Crippen molar-refractivity contribution in [2.75, 3.05) is 6.54 Å². The fraction of sp³-hybridized carbons (Fsp3) is 0.200. The fourth-order valence-electron chi connectivity index (χ4n) is 0.989. The molecular weight excluding hydrogens is 314 g/mol. The molecule has 1 rings (SSSR count). The second-order valence-corrected chi connectivity index (χ2v) is 6.41. The van der Waals surface area contributed by atoms with Gasteiger partial charge in [-0.3, -0.25) is 0 Å². The Bertz CT molecular complexity index is 514. The van der Waals surface area contributed by atoms with E-state index < -0.39 is 10.0 Å². The third kappa shape index (κ3) is 3.59. The molecule has 88 valence electrons. The summed E-state index contributed by atoms with van der Waals surface area (Å²) in [5, 5.41) is 0.184. The van der Waals surface area contributed by atoms with Crippen LogP contribution in [0, 0.1) is 0 Å². The van der Waals surface area contributed by atoms with Gasteiger partial charge >= 0.3 is 0 Å². The molecule has 0 unspecified atom stereocenters. The summed E-state index contributed by atoms with van der Waals surface area (Å²) in [6, 6.07) is 4.62. The number of hydrogen-bond acceptors (Lipinski definition) is 2. The van der Waals surface area contributed by atoms with Gasteiger partial charge in [0.2, 0.25) is 10.0 Å². The summed E-state index contributed by atoms with van der Waals surface area (Å²) in [5.74, 6) is 0. The Morgan fingerprint density at radius 2 is 2.19 bits per heavy atom. The van der Waals surface area contributed by atoms with Crippen molar-refractivity contribution in [1.82, 2.24) is 4.72 Å². The molecule has 0 amide bonds. The number of benzene rings is 1. The van der Waals surface area contributed by atoms with Gasteiger partial charge in [0.05, 0.1) is 5.02 Å². The summed E-state index contributed by atoms with van der Waals surface area (Å²) in [4.78, 5) is 0.0682. The maximum Gasteiger partial charge on any atom is 0.242 e.